The fraction of sp³-hybridized carbons (Fsp3) is 0.667. The molecule has 7 heteroatoms. The lowest BCUT2D eigenvalue weighted by Crippen LogP contribution is -2.45. The minimum Gasteiger partial charge on any atom is -0.357 e. The molecule has 3 rings (SSSR count). The third-order valence-electron chi connectivity index (χ3n) is 6.40. The van der Waals surface area contributed by atoms with Crippen molar-refractivity contribution in [2.75, 3.05) is 40.3 Å². The van der Waals surface area contributed by atoms with Gasteiger partial charge in [0.05, 0.1) is 12.6 Å². The third-order valence-corrected chi connectivity index (χ3v) is 6.40. The molecule has 0 spiro atoms. The monoisotopic (exact) mass is 541 g/mol. The molecule has 1 aliphatic heterocycles. The van der Waals surface area contributed by atoms with Gasteiger partial charge in [-0.3, -0.25) is 9.79 Å². The molecule has 1 amide bonds. The van der Waals surface area contributed by atoms with E-state index in [9.17, 15) is 4.79 Å². The van der Waals surface area contributed by atoms with E-state index in [2.05, 4.69) is 72.6 Å². The zero-order chi connectivity index (χ0) is 21.5. The van der Waals surface area contributed by atoms with Crippen LogP contribution >= 0.6 is 24.0 Å². The summed E-state index contributed by atoms with van der Waals surface area (Å²) in [4.78, 5) is 21.9. The van der Waals surface area contributed by atoms with E-state index in [0.29, 0.717) is 12.5 Å². The highest BCUT2D eigenvalue weighted by Crippen LogP contribution is 2.28. The van der Waals surface area contributed by atoms with Crippen molar-refractivity contribution in [1.29, 1.82) is 0 Å². The average Bonchev–Trinajstić information content (AvgIpc) is 3.41. The molecular weight excluding hydrogens is 501 g/mol. The van der Waals surface area contributed by atoms with Crippen LogP contribution in [-0.2, 0) is 4.79 Å². The van der Waals surface area contributed by atoms with Crippen LogP contribution in [0.2, 0.25) is 0 Å². The number of carbonyl (C=O) groups is 1. The lowest BCUT2D eigenvalue weighted by molar-refractivity contribution is -0.134. The molecule has 0 aromatic heterocycles. The van der Waals surface area contributed by atoms with Gasteiger partial charge in [0.25, 0.3) is 0 Å². The smallest absolute Gasteiger partial charge is 0.225 e. The van der Waals surface area contributed by atoms with Gasteiger partial charge in [-0.2, -0.15) is 0 Å². The molecule has 6 nitrogen and oxygen atoms in total. The topological polar surface area (TPSA) is 60.0 Å². The highest BCUT2D eigenvalue weighted by molar-refractivity contribution is 14.0. The Morgan fingerprint density at radius 3 is 2.48 bits per heavy atom. The zero-order valence-corrected chi connectivity index (χ0v) is 21.9. The maximum Gasteiger partial charge on any atom is 0.225 e. The summed E-state index contributed by atoms with van der Waals surface area (Å²) in [7, 11) is 4.20. The number of likely N-dealkylation sites (tertiary alicyclic amines) is 1. The van der Waals surface area contributed by atoms with Crippen molar-refractivity contribution in [3.8, 4) is 0 Å². The highest BCUT2D eigenvalue weighted by atomic mass is 127. The normalized spacial score (nSPS) is 20.6. The summed E-state index contributed by atoms with van der Waals surface area (Å²) in [6, 6.07) is 9.20. The van der Waals surface area contributed by atoms with E-state index in [1.54, 1.807) is 0 Å². The largest absolute Gasteiger partial charge is 0.357 e. The van der Waals surface area contributed by atoms with Crippen LogP contribution in [0.1, 0.15) is 56.2 Å². The molecule has 2 unspecified atom stereocenters. The molecule has 1 aromatic carbocycles. The lowest BCUT2D eigenvalue weighted by Gasteiger charge is -2.25. The Bertz CT molecular complexity index is 715. The average molecular weight is 542 g/mol. The van der Waals surface area contributed by atoms with Crippen LogP contribution in [0.25, 0.3) is 0 Å². The SMILES string of the molecule is CCNC(=NCC(c1ccc(C)cc1)N(C)C)NC1CCN(C(=O)C2CCCC2)C1.I. The molecule has 1 saturated heterocycles. The first-order chi connectivity index (χ1) is 14.5. The highest BCUT2D eigenvalue weighted by Gasteiger charge is 2.32. The number of aliphatic imine (C=N–C) groups is 1. The van der Waals surface area contributed by atoms with Crippen molar-refractivity contribution < 1.29 is 4.79 Å². The van der Waals surface area contributed by atoms with Crippen molar-refractivity contribution in [1.82, 2.24) is 20.4 Å². The molecule has 1 aliphatic carbocycles. The number of nitrogens with zero attached hydrogens (tertiary/aromatic N) is 3. The Kier molecular flexibility index (Phi) is 10.6. The van der Waals surface area contributed by atoms with Gasteiger partial charge in [-0.1, -0.05) is 42.7 Å². The van der Waals surface area contributed by atoms with Crippen molar-refractivity contribution in [2.45, 2.75) is 58.0 Å². The van der Waals surface area contributed by atoms with Crippen molar-refractivity contribution >= 4 is 35.8 Å². The number of aryl methyl sites for hydroxylation is 1. The Morgan fingerprint density at radius 2 is 1.87 bits per heavy atom. The summed E-state index contributed by atoms with van der Waals surface area (Å²) in [5.41, 5.74) is 2.55. The second-order valence-electron chi connectivity index (χ2n) is 9.01. The molecule has 0 bridgehead atoms. The number of rotatable bonds is 7. The predicted molar refractivity (Wildman–Crippen MR) is 139 cm³/mol. The Balaban J connectivity index is 0.00000341. The van der Waals surface area contributed by atoms with Gasteiger partial charge >= 0.3 is 0 Å². The van der Waals surface area contributed by atoms with Gasteiger partial charge < -0.3 is 20.4 Å². The number of halogens is 1. The second-order valence-corrected chi connectivity index (χ2v) is 9.01. The standard InChI is InChI=1S/C24H39N5O.HI/c1-5-25-24(26-16-22(28(3)4)19-12-10-18(2)11-13-19)27-21-14-15-29(17-21)23(30)20-8-6-7-9-20;/h10-13,20-22H,5-9,14-17H2,1-4H3,(H2,25,26,27);1H. The Morgan fingerprint density at radius 1 is 1.19 bits per heavy atom. The molecule has 1 aromatic rings. The Labute approximate surface area is 205 Å². The van der Waals surface area contributed by atoms with Crippen molar-refractivity contribution in [3.63, 3.8) is 0 Å². The number of hydrogen-bond acceptors (Lipinski definition) is 3. The van der Waals surface area contributed by atoms with E-state index in [4.69, 9.17) is 4.99 Å². The molecule has 174 valence electrons. The van der Waals surface area contributed by atoms with Crippen LogP contribution in [0.5, 0.6) is 0 Å². The summed E-state index contributed by atoms with van der Waals surface area (Å²) in [5, 5.41) is 6.95. The number of carbonyl (C=O) groups excluding carboxylic acids is 1. The summed E-state index contributed by atoms with van der Waals surface area (Å²) in [5.74, 6) is 1.48. The molecule has 1 heterocycles. The molecule has 1 saturated carbocycles. The van der Waals surface area contributed by atoms with Gasteiger partial charge in [0, 0.05) is 31.6 Å². The quantitative estimate of drug-likeness (QED) is 0.315. The van der Waals surface area contributed by atoms with Crippen LogP contribution in [0.15, 0.2) is 29.3 Å². The van der Waals surface area contributed by atoms with Crippen LogP contribution in [-0.4, -0.2) is 68.0 Å². The van der Waals surface area contributed by atoms with Gasteiger partial charge in [0.1, 0.15) is 0 Å². The molecule has 2 aliphatic rings. The van der Waals surface area contributed by atoms with Gasteiger partial charge in [-0.15, -0.1) is 24.0 Å². The second kappa shape index (κ2) is 12.6. The molecule has 2 fully saturated rings. The van der Waals surface area contributed by atoms with Gasteiger partial charge in [-0.25, -0.2) is 0 Å². The van der Waals surface area contributed by atoms with Crippen molar-refractivity contribution in [3.05, 3.63) is 35.4 Å². The number of benzene rings is 1. The number of hydrogen-bond donors (Lipinski definition) is 2. The molecule has 0 radical (unpaired) electrons. The minimum absolute atomic E-state index is 0. The number of nitrogens with one attached hydrogen (secondary N) is 2. The molecular formula is C24H40IN5O. The number of likely N-dealkylation sites (N-methyl/N-ethyl adjacent to an activating group) is 1. The molecule has 2 atom stereocenters. The molecule has 31 heavy (non-hydrogen) atoms. The van der Waals surface area contributed by atoms with Crippen LogP contribution in [0.4, 0.5) is 0 Å². The van der Waals surface area contributed by atoms with E-state index in [-0.39, 0.29) is 42.0 Å². The number of guanidine groups is 1. The minimum atomic E-state index is 0. The fourth-order valence-corrected chi connectivity index (χ4v) is 4.56. The van der Waals surface area contributed by atoms with E-state index in [1.807, 2.05) is 0 Å². The summed E-state index contributed by atoms with van der Waals surface area (Å²) in [6.07, 6.45) is 5.54. The fourth-order valence-electron chi connectivity index (χ4n) is 4.56. The Hall–Kier alpha value is -1.35. The third kappa shape index (κ3) is 7.34. The first-order valence-electron chi connectivity index (χ1n) is 11.5. The lowest BCUT2D eigenvalue weighted by atomic mass is 10.0. The zero-order valence-electron chi connectivity index (χ0n) is 19.6. The first kappa shape index (κ1) is 25.9. The summed E-state index contributed by atoms with van der Waals surface area (Å²) < 4.78 is 0. The van der Waals surface area contributed by atoms with Crippen LogP contribution < -0.4 is 10.6 Å². The van der Waals surface area contributed by atoms with E-state index < -0.39 is 0 Å². The maximum absolute atomic E-state index is 12.7. The predicted octanol–water partition coefficient (Wildman–Crippen LogP) is 3.56. The van der Waals surface area contributed by atoms with E-state index >= 15 is 0 Å². The van der Waals surface area contributed by atoms with Gasteiger partial charge in [0.2, 0.25) is 5.91 Å². The van der Waals surface area contributed by atoms with E-state index in [0.717, 1.165) is 44.9 Å². The number of amides is 1. The maximum atomic E-state index is 12.7. The van der Waals surface area contributed by atoms with Crippen LogP contribution in [0, 0.1) is 12.8 Å². The van der Waals surface area contributed by atoms with Gasteiger partial charge in [-0.05, 0) is 52.8 Å². The summed E-state index contributed by atoms with van der Waals surface area (Å²) in [6.45, 7) is 7.35. The first-order valence-corrected chi connectivity index (χ1v) is 11.5. The van der Waals surface area contributed by atoms with Crippen LogP contribution in [0.3, 0.4) is 0 Å². The van der Waals surface area contributed by atoms with Gasteiger partial charge in [0.15, 0.2) is 5.96 Å². The molecule has 2 N–H and O–H groups in total. The van der Waals surface area contributed by atoms with E-state index in [1.165, 1.54) is 24.0 Å². The van der Waals surface area contributed by atoms with Crippen molar-refractivity contribution in [2.24, 2.45) is 10.9 Å². The summed E-state index contributed by atoms with van der Waals surface area (Å²) >= 11 is 0.